The lowest BCUT2D eigenvalue weighted by molar-refractivity contribution is -0.110. The average Bonchev–Trinajstić information content (AvgIpc) is 3.86. The summed E-state index contributed by atoms with van der Waals surface area (Å²) in [5, 5.41) is 7.80. The molecule has 0 aliphatic rings. The predicted octanol–water partition coefficient (Wildman–Crippen LogP) is 6.23. The van der Waals surface area contributed by atoms with E-state index in [1.54, 1.807) is 60.7 Å². The Balaban J connectivity index is 0.000000170. The second-order valence-electron chi connectivity index (χ2n) is 10.7. The number of aromatic nitrogens is 6. The molecular weight excluding hydrogens is 630 g/mol. The lowest BCUT2D eigenvalue weighted by atomic mass is 9.97. The second-order valence-corrected chi connectivity index (χ2v) is 10.7. The van der Waals surface area contributed by atoms with E-state index in [-0.39, 0.29) is 11.6 Å². The predicted molar refractivity (Wildman–Crippen MR) is 178 cm³/mol. The zero-order chi connectivity index (χ0) is 34.3. The van der Waals surface area contributed by atoms with E-state index in [1.807, 2.05) is 48.3 Å². The average molecular weight is 659 g/mol. The lowest BCUT2D eigenvalue weighted by Crippen LogP contribution is -2.37. The van der Waals surface area contributed by atoms with Crippen molar-refractivity contribution in [3.63, 3.8) is 0 Å². The van der Waals surface area contributed by atoms with E-state index >= 15 is 0 Å². The van der Waals surface area contributed by atoms with Crippen LogP contribution in [0.3, 0.4) is 0 Å². The van der Waals surface area contributed by atoms with Crippen molar-refractivity contribution in [1.82, 2.24) is 40.2 Å². The maximum absolute atomic E-state index is 13.4. The molecule has 0 fully saturated rings. The van der Waals surface area contributed by atoms with Gasteiger partial charge in [0.15, 0.2) is 0 Å². The highest BCUT2D eigenvalue weighted by Gasteiger charge is 2.23. The van der Waals surface area contributed by atoms with E-state index < -0.39 is 5.91 Å². The molecular formula is C36H28F2N8O3. The normalized spacial score (nSPS) is 10.6. The fraction of sp³-hybridized carbons (Fsp3) is 0.0556. The molecule has 0 atom stereocenters. The van der Waals surface area contributed by atoms with Crippen LogP contribution in [0.2, 0.25) is 0 Å². The van der Waals surface area contributed by atoms with Gasteiger partial charge in [0.2, 0.25) is 12.8 Å². The summed E-state index contributed by atoms with van der Waals surface area (Å²) in [6.07, 6.45) is 12.3. The van der Waals surface area contributed by atoms with Gasteiger partial charge in [-0.1, -0.05) is 24.3 Å². The number of nitrogens with zero attached hydrogens (tertiary/aromatic N) is 6. The van der Waals surface area contributed by atoms with Crippen molar-refractivity contribution < 1.29 is 22.8 Å². The summed E-state index contributed by atoms with van der Waals surface area (Å²) in [5.74, 6) is -0.704. The second kappa shape index (κ2) is 14.3. The summed E-state index contributed by atoms with van der Waals surface area (Å²) in [6.45, 7) is 0. The van der Waals surface area contributed by atoms with E-state index in [0.29, 0.717) is 29.1 Å². The van der Waals surface area contributed by atoms with Crippen molar-refractivity contribution in [1.29, 1.82) is 0 Å². The topological polar surface area (TPSA) is 133 Å². The molecule has 244 valence electrons. The van der Waals surface area contributed by atoms with Crippen molar-refractivity contribution in [2.45, 2.75) is 0 Å². The molecule has 0 bridgehead atoms. The molecule has 0 saturated heterocycles. The molecule has 0 spiro atoms. The molecule has 0 radical (unpaired) electrons. The zero-order valence-electron chi connectivity index (χ0n) is 26.2. The van der Waals surface area contributed by atoms with Crippen LogP contribution in [0.15, 0.2) is 121 Å². The highest BCUT2D eigenvalue weighted by molar-refractivity contribution is 6.04. The summed E-state index contributed by atoms with van der Waals surface area (Å²) in [6, 6.07) is 19.8. The number of rotatable bonds is 8. The van der Waals surface area contributed by atoms with Gasteiger partial charge >= 0.3 is 0 Å². The molecule has 2 amide bonds. The summed E-state index contributed by atoms with van der Waals surface area (Å²) < 4.78 is 35.7. The first-order valence-corrected chi connectivity index (χ1v) is 14.8. The third-order valence-electron chi connectivity index (χ3n) is 7.63. The Morgan fingerprint density at radius 1 is 0.714 bits per heavy atom. The number of carbonyl (C=O) groups is 2. The van der Waals surface area contributed by atoms with Gasteiger partial charge < -0.3 is 13.6 Å². The number of halogens is 2. The number of nitrogens with one attached hydrogen (secondary N) is 2. The van der Waals surface area contributed by atoms with Gasteiger partial charge in [-0.25, -0.2) is 8.78 Å². The third kappa shape index (κ3) is 6.86. The third-order valence-corrected chi connectivity index (χ3v) is 7.63. The SMILES string of the molecule is Cn1cc(-c2ccncc2)c(-c2ccc(F)cc2)c1-c1nnco1.Cn1cc(-c2ccncc2)c(-c2ccc(F)cc2)c1C(=O)NNC=O. The molecule has 0 aliphatic heterocycles. The number of benzene rings is 2. The lowest BCUT2D eigenvalue weighted by Gasteiger charge is -2.10. The van der Waals surface area contributed by atoms with Crippen LogP contribution in [0.1, 0.15) is 10.5 Å². The maximum Gasteiger partial charge on any atom is 0.286 e. The Morgan fingerprint density at radius 2 is 1.22 bits per heavy atom. The maximum atomic E-state index is 13.4. The highest BCUT2D eigenvalue weighted by Crippen LogP contribution is 2.41. The number of hydrazine groups is 1. The molecule has 5 heterocycles. The van der Waals surface area contributed by atoms with Gasteiger partial charge in [0.25, 0.3) is 11.8 Å². The molecule has 0 unspecified atom stereocenters. The van der Waals surface area contributed by atoms with Crippen molar-refractivity contribution >= 4 is 12.3 Å². The van der Waals surface area contributed by atoms with Crippen molar-refractivity contribution in [2.75, 3.05) is 0 Å². The van der Waals surface area contributed by atoms with Crippen LogP contribution in [-0.2, 0) is 18.9 Å². The molecule has 49 heavy (non-hydrogen) atoms. The van der Waals surface area contributed by atoms with Gasteiger partial charge in [0.05, 0.1) is 0 Å². The summed E-state index contributed by atoms with van der Waals surface area (Å²) in [5.41, 5.74) is 12.3. The van der Waals surface area contributed by atoms with Crippen LogP contribution in [-0.4, -0.2) is 41.6 Å². The highest BCUT2D eigenvalue weighted by atomic mass is 19.1. The molecule has 5 aromatic heterocycles. The quantitative estimate of drug-likeness (QED) is 0.146. The van der Waals surface area contributed by atoms with Crippen LogP contribution in [0.4, 0.5) is 8.78 Å². The van der Waals surface area contributed by atoms with Gasteiger partial charge in [-0.05, 0) is 70.8 Å². The van der Waals surface area contributed by atoms with Gasteiger partial charge in [0, 0.05) is 73.5 Å². The minimum absolute atomic E-state index is 0.278. The molecule has 0 aliphatic carbocycles. The number of amides is 2. The van der Waals surface area contributed by atoms with Crippen LogP contribution in [0.25, 0.3) is 56.1 Å². The number of hydrogen-bond donors (Lipinski definition) is 2. The monoisotopic (exact) mass is 658 g/mol. The van der Waals surface area contributed by atoms with Crippen LogP contribution in [0.5, 0.6) is 0 Å². The molecule has 7 aromatic rings. The van der Waals surface area contributed by atoms with Gasteiger partial charge in [-0.2, -0.15) is 0 Å². The van der Waals surface area contributed by atoms with Gasteiger partial charge in [0.1, 0.15) is 23.0 Å². The largest absolute Gasteiger partial charge is 0.422 e. The first kappa shape index (κ1) is 32.2. The van der Waals surface area contributed by atoms with E-state index in [2.05, 4.69) is 31.0 Å². The van der Waals surface area contributed by atoms with Crippen molar-refractivity contribution in [3.8, 4) is 56.1 Å². The van der Waals surface area contributed by atoms with Crippen LogP contribution < -0.4 is 10.9 Å². The van der Waals surface area contributed by atoms with E-state index in [4.69, 9.17) is 4.42 Å². The van der Waals surface area contributed by atoms with E-state index in [9.17, 15) is 18.4 Å². The Kier molecular flexibility index (Phi) is 9.42. The molecule has 2 N–H and O–H groups in total. The minimum atomic E-state index is -0.478. The fourth-order valence-corrected chi connectivity index (χ4v) is 5.53. The standard InChI is InChI=1S/C18H15FN4O2.C18H13FN4O/c1-23-10-15(12-6-8-20-9-7-12)16(13-2-4-14(19)5-3-13)17(23)18(25)22-21-11-24;1-23-10-15(12-6-8-20-9-7-12)16(13-2-4-14(19)5-3-13)17(23)18-22-21-11-24-18/h2-11H,1H3,(H,21,24)(H,22,25);2-11H,1H3. The van der Waals surface area contributed by atoms with E-state index in [0.717, 1.165) is 39.1 Å². The zero-order valence-corrected chi connectivity index (χ0v) is 26.2. The molecule has 7 rings (SSSR count). The number of aryl methyl sites for hydroxylation is 2. The van der Waals surface area contributed by atoms with Crippen LogP contribution >= 0.6 is 0 Å². The molecule has 2 aromatic carbocycles. The van der Waals surface area contributed by atoms with Crippen molar-refractivity contribution in [2.24, 2.45) is 14.1 Å². The molecule has 0 saturated carbocycles. The Hall–Kier alpha value is -6.76. The van der Waals surface area contributed by atoms with Gasteiger partial charge in [-0.15, -0.1) is 10.2 Å². The molecule has 13 heteroatoms. The molecule has 11 nitrogen and oxygen atoms in total. The van der Waals surface area contributed by atoms with Crippen LogP contribution in [0, 0.1) is 11.6 Å². The smallest absolute Gasteiger partial charge is 0.286 e. The fourth-order valence-electron chi connectivity index (χ4n) is 5.53. The Labute approximate surface area is 278 Å². The first-order valence-electron chi connectivity index (χ1n) is 14.8. The number of hydrogen-bond acceptors (Lipinski definition) is 7. The van der Waals surface area contributed by atoms with Gasteiger partial charge in [-0.3, -0.25) is 30.4 Å². The first-order chi connectivity index (χ1) is 23.9. The summed E-state index contributed by atoms with van der Waals surface area (Å²) in [7, 11) is 3.64. The summed E-state index contributed by atoms with van der Waals surface area (Å²) in [4.78, 5) is 31.0. The Bertz CT molecular complexity index is 2180. The minimum Gasteiger partial charge on any atom is -0.422 e. The number of pyridine rings is 2. The van der Waals surface area contributed by atoms with Crippen molar-refractivity contribution in [3.05, 3.63) is 134 Å². The number of carbonyl (C=O) groups excluding carboxylic acids is 2. The summed E-state index contributed by atoms with van der Waals surface area (Å²) >= 11 is 0. The van der Waals surface area contributed by atoms with E-state index in [1.165, 1.54) is 30.7 Å². The Morgan fingerprint density at radius 3 is 1.73 bits per heavy atom.